The minimum Gasteiger partial charge on any atom is -0.507 e. The molecule has 0 aromatic heterocycles. The van der Waals surface area contributed by atoms with E-state index in [0.29, 0.717) is 41.6 Å². The summed E-state index contributed by atoms with van der Waals surface area (Å²) < 4.78 is 22.7. The van der Waals surface area contributed by atoms with E-state index < -0.39 is 11.5 Å². The van der Waals surface area contributed by atoms with E-state index in [4.69, 9.17) is 18.9 Å². The molecule has 2 aromatic rings. The first-order chi connectivity index (χ1) is 14.4. The van der Waals surface area contributed by atoms with E-state index in [1.165, 1.54) is 0 Å². The smallest absolute Gasteiger partial charge is 0.164 e. The van der Waals surface area contributed by atoms with Crippen LogP contribution in [-0.4, -0.2) is 37.1 Å². The zero-order valence-electron chi connectivity index (χ0n) is 17.4. The molecule has 6 heteroatoms. The molecule has 2 unspecified atom stereocenters. The largest absolute Gasteiger partial charge is 0.507 e. The van der Waals surface area contributed by atoms with Crippen LogP contribution in [0.3, 0.4) is 0 Å². The van der Waals surface area contributed by atoms with E-state index in [0.717, 1.165) is 23.1 Å². The predicted octanol–water partition coefficient (Wildman–Crippen LogP) is 3.67. The molecule has 2 heterocycles. The molecule has 6 nitrogen and oxygen atoms in total. The zero-order valence-corrected chi connectivity index (χ0v) is 17.4. The van der Waals surface area contributed by atoms with E-state index in [9.17, 15) is 10.2 Å². The molecule has 158 valence electrons. The van der Waals surface area contributed by atoms with Gasteiger partial charge in [0.25, 0.3) is 0 Å². The maximum absolute atomic E-state index is 11.5. The Balaban J connectivity index is 1.56. The SMILES string of the molecule is C=C(C)[C@H]1Cc2c(ccc([C@@H](O)C34CC3COc3cc(OC)c(OC)cc34)c2O)O1. The van der Waals surface area contributed by atoms with Crippen molar-refractivity contribution in [2.75, 3.05) is 20.8 Å². The van der Waals surface area contributed by atoms with Crippen LogP contribution in [0, 0.1) is 5.92 Å². The number of benzene rings is 2. The average Bonchev–Trinajstić information content (AvgIpc) is 3.34. The predicted molar refractivity (Wildman–Crippen MR) is 111 cm³/mol. The minimum atomic E-state index is -0.877. The van der Waals surface area contributed by atoms with Gasteiger partial charge in [-0.1, -0.05) is 6.58 Å². The number of phenolic OH excluding ortho intramolecular Hbond substituents is 1. The van der Waals surface area contributed by atoms with Crippen LogP contribution in [0.5, 0.6) is 28.7 Å². The maximum atomic E-state index is 11.5. The Bertz CT molecular complexity index is 1040. The molecule has 2 N–H and O–H groups in total. The molecule has 2 aromatic carbocycles. The summed E-state index contributed by atoms with van der Waals surface area (Å²) in [7, 11) is 3.17. The number of phenols is 1. The lowest BCUT2D eigenvalue weighted by Crippen LogP contribution is -2.28. The van der Waals surface area contributed by atoms with Gasteiger partial charge in [0.05, 0.1) is 26.9 Å². The first-order valence-corrected chi connectivity index (χ1v) is 10.1. The summed E-state index contributed by atoms with van der Waals surface area (Å²) in [6, 6.07) is 7.30. The molecule has 5 rings (SSSR count). The number of aliphatic hydroxyl groups excluding tert-OH is 1. The molecule has 4 atom stereocenters. The first-order valence-electron chi connectivity index (χ1n) is 10.1. The van der Waals surface area contributed by atoms with Gasteiger partial charge in [0.2, 0.25) is 0 Å². The van der Waals surface area contributed by atoms with Crippen molar-refractivity contribution in [2.24, 2.45) is 5.92 Å². The molecular weight excluding hydrogens is 384 g/mol. The molecule has 0 radical (unpaired) electrons. The van der Waals surface area contributed by atoms with Crippen molar-refractivity contribution in [3.05, 3.63) is 53.1 Å². The number of aliphatic hydroxyl groups is 1. The summed E-state index contributed by atoms with van der Waals surface area (Å²) >= 11 is 0. The number of hydrogen-bond donors (Lipinski definition) is 2. The highest BCUT2D eigenvalue weighted by Crippen LogP contribution is 2.67. The fraction of sp³-hybridized carbons (Fsp3) is 0.417. The maximum Gasteiger partial charge on any atom is 0.164 e. The zero-order chi connectivity index (χ0) is 21.2. The second kappa shape index (κ2) is 6.57. The molecule has 2 aliphatic heterocycles. The van der Waals surface area contributed by atoms with Crippen LogP contribution in [0.4, 0.5) is 0 Å². The lowest BCUT2D eigenvalue weighted by Gasteiger charge is -2.31. The number of hydrogen-bond acceptors (Lipinski definition) is 6. The summed E-state index contributed by atoms with van der Waals surface area (Å²) in [5.41, 5.74) is 2.52. The third kappa shape index (κ3) is 2.53. The molecule has 1 fully saturated rings. The lowest BCUT2D eigenvalue weighted by atomic mass is 9.81. The van der Waals surface area contributed by atoms with Crippen molar-refractivity contribution in [3.8, 4) is 28.7 Å². The third-order valence-corrected chi connectivity index (χ3v) is 6.84. The molecule has 1 aliphatic carbocycles. The third-order valence-electron chi connectivity index (χ3n) is 6.84. The second-order valence-electron chi connectivity index (χ2n) is 8.50. The van der Waals surface area contributed by atoms with Gasteiger partial charge in [-0.25, -0.2) is 0 Å². The Morgan fingerprint density at radius 2 is 1.93 bits per heavy atom. The fourth-order valence-corrected chi connectivity index (χ4v) is 5.00. The van der Waals surface area contributed by atoms with Gasteiger partial charge in [0.15, 0.2) is 11.5 Å². The molecule has 1 saturated carbocycles. The van der Waals surface area contributed by atoms with Gasteiger partial charge in [-0.15, -0.1) is 0 Å². The molecule has 0 bridgehead atoms. The summed E-state index contributed by atoms with van der Waals surface area (Å²) in [5.74, 6) is 2.80. The number of fused-ring (bicyclic) bond motifs is 4. The van der Waals surface area contributed by atoms with Crippen molar-refractivity contribution in [1.82, 2.24) is 0 Å². The molecular formula is C24H26O6. The highest BCUT2D eigenvalue weighted by Gasteiger charge is 2.64. The minimum absolute atomic E-state index is 0.109. The summed E-state index contributed by atoms with van der Waals surface area (Å²) in [4.78, 5) is 0. The van der Waals surface area contributed by atoms with Gasteiger partial charge in [0.1, 0.15) is 23.4 Å². The van der Waals surface area contributed by atoms with Crippen molar-refractivity contribution >= 4 is 0 Å². The van der Waals surface area contributed by atoms with Crippen LogP contribution in [0.25, 0.3) is 0 Å². The van der Waals surface area contributed by atoms with Gasteiger partial charge in [-0.3, -0.25) is 0 Å². The Kier molecular flexibility index (Phi) is 4.19. The van der Waals surface area contributed by atoms with Crippen LogP contribution in [-0.2, 0) is 11.8 Å². The van der Waals surface area contributed by atoms with Gasteiger partial charge in [0, 0.05) is 40.5 Å². The monoisotopic (exact) mass is 410 g/mol. The Morgan fingerprint density at radius 3 is 2.63 bits per heavy atom. The van der Waals surface area contributed by atoms with Crippen LogP contribution in [0.1, 0.15) is 36.1 Å². The van der Waals surface area contributed by atoms with Crippen molar-refractivity contribution in [2.45, 2.75) is 37.4 Å². The van der Waals surface area contributed by atoms with E-state index in [1.54, 1.807) is 20.3 Å². The van der Waals surface area contributed by atoms with Crippen LogP contribution >= 0.6 is 0 Å². The Hall–Kier alpha value is -2.86. The number of methoxy groups -OCH3 is 2. The first kappa shape index (κ1) is 19.1. The lowest BCUT2D eigenvalue weighted by molar-refractivity contribution is 0.103. The standard InChI is InChI=1S/C24H26O6/c1-12(2)18-7-15-17(30-18)6-5-14(22(15)25)23(26)24-10-13(24)11-29-19-9-21(28-4)20(27-3)8-16(19)24/h5-6,8-9,13,18,23,25-26H,1,7,10-11H2,2-4H3/t13?,18-,23-,24?/m1/s1. The average molecular weight is 410 g/mol. The highest BCUT2D eigenvalue weighted by atomic mass is 16.5. The fourth-order valence-electron chi connectivity index (χ4n) is 5.00. The summed E-state index contributed by atoms with van der Waals surface area (Å²) in [6.07, 6.45) is 0.305. The normalized spacial score (nSPS) is 26.4. The van der Waals surface area contributed by atoms with Gasteiger partial charge in [-0.05, 0) is 37.1 Å². The number of rotatable bonds is 5. The van der Waals surface area contributed by atoms with Crippen LogP contribution < -0.4 is 18.9 Å². The van der Waals surface area contributed by atoms with Crippen molar-refractivity contribution in [1.29, 1.82) is 0 Å². The second-order valence-corrected chi connectivity index (χ2v) is 8.50. The molecule has 0 saturated heterocycles. The summed E-state index contributed by atoms with van der Waals surface area (Å²) in [6.45, 7) is 6.40. The van der Waals surface area contributed by atoms with Gasteiger partial charge in [-0.2, -0.15) is 0 Å². The highest BCUT2D eigenvalue weighted by molar-refractivity contribution is 5.60. The number of ether oxygens (including phenoxy) is 4. The molecule has 3 aliphatic rings. The molecule has 30 heavy (non-hydrogen) atoms. The quantitative estimate of drug-likeness (QED) is 0.733. The van der Waals surface area contributed by atoms with Crippen molar-refractivity contribution in [3.63, 3.8) is 0 Å². The van der Waals surface area contributed by atoms with Gasteiger partial charge >= 0.3 is 0 Å². The van der Waals surface area contributed by atoms with Crippen LogP contribution in [0.2, 0.25) is 0 Å². The van der Waals surface area contributed by atoms with E-state index in [2.05, 4.69) is 6.58 Å². The molecule has 0 amide bonds. The van der Waals surface area contributed by atoms with E-state index >= 15 is 0 Å². The van der Waals surface area contributed by atoms with E-state index in [-0.39, 0.29) is 17.8 Å². The van der Waals surface area contributed by atoms with Crippen molar-refractivity contribution < 1.29 is 29.2 Å². The topological polar surface area (TPSA) is 77.4 Å². The Morgan fingerprint density at radius 1 is 1.20 bits per heavy atom. The van der Waals surface area contributed by atoms with E-state index in [1.807, 2.05) is 25.1 Å². The number of aromatic hydroxyl groups is 1. The Labute approximate surface area is 175 Å². The summed E-state index contributed by atoms with van der Waals surface area (Å²) in [5, 5.41) is 22.6. The van der Waals surface area contributed by atoms with Crippen LogP contribution in [0.15, 0.2) is 36.4 Å². The van der Waals surface area contributed by atoms with Gasteiger partial charge < -0.3 is 29.2 Å². The molecule has 0 spiro atoms.